The summed E-state index contributed by atoms with van der Waals surface area (Å²) in [5.41, 5.74) is 2.50. The Morgan fingerprint density at radius 2 is 1.80 bits per heavy atom. The normalized spacial score (nSPS) is 21.5. The number of benzene rings is 2. The molecule has 1 amide bonds. The first kappa shape index (κ1) is 17.7. The van der Waals surface area contributed by atoms with Crippen LogP contribution < -0.4 is 10.6 Å². The molecule has 1 aliphatic heterocycles. The summed E-state index contributed by atoms with van der Waals surface area (Å²) >= 11 is 0. The van der Waals surface area contributed by atoms with Gasteiger partial charge in [0.05, 0.1) is 6.04 Å². The third-order valence-corrected chi connectivity index (χ3v) is 5.08. The van der Waals surface area contributed by atoms with E-state index in [1.807, 2.05) is 24.3 Å². The third kappa shape index (κ3) is 5.17. The molecule has 0 aromatic heterocycles. The van der Waals surface area contributed by atoms with Crippen molar-refractivity contribution in [3.05, 3.63) is 71.8 Å². The van der Waals surface area contributed by atoms with Gasteiger partial charge in [0.25, 0.3) is 0 Å². The highest BCUT2D eigenvalue weighted by Crippen LogP contribution is 2.22. The van der Waals surface area contributed by atoms with Gasteiger partial charge in [0, 0.05) is 12.0 Å². The van der Waals surface area contributed by atoms with E-state index >= 15 is 0 Å². The molecule has 3 heteroatoms. The van der Waals surface area contributed by atoms with Crippen LogP contribution in [0.5, 0.6) is 0 Å². The summed E-state index contributed by atoms with van der Waals surface area (Å²) < 4.78 is 0. The van der Waals surface area contributed by atoms with Crippen LogP contribution in [0.15, 0.2) is 60.7 Å². The molecular weight excluding hydrogens is 308 g/mol. The Hall–Kier alpha value is -2.13. The fourth-order valence-corrected chi connectivity index (χ4v) is 3.62. The molecule has 1 heterocycles. The Labute approximate surface area is 150 Å². The molecular formula is C22H28N2O. The van der Waals surface area contributed by atoms with E-state index in [-0.39, 0.29) is 17.9 Å². The zero-order valence-electron chi connectivity index (χ0n) is 14.9. The first-order chi connectivity index (χ1) is 12.2. The fraction of sp³-hybridized carbons (Fsp3) is 0.409. The first-order valence-corrected chi connectivity index (χ1v) is 9.35. The van der Waals surface area contributed by atoms with Gasteiger partial charge in [-0.15, -0.1) is 0 Å². The number of hydrogen-bond acceptors (Lipinski definition) is 2. The lowest BCUT2D eigenvalue weighted by molar-refractivity contribution is -0.126. The van der Waals surface area contributed by atoms with E-state index < -0.39 is 0 Å². The molecule has 1 unspecified atom stereocenters. The van der Waals surface area contributed by atoms with E-state index in [1.165, 1.54) is 11.1 Å². The molecule has 1 saturated heterocycles. The number of hydrogen-bond donors (Lipinski definition) is 2. The van der Waals surface area contributed by atoms with E-state index in [0.717, 1.165) is 32.2 Å². The second-order valence-electron chi connectivity index (χ2n) is 7.07. The molecule has 3 rings (SSSR count). The van der Waals surface area contributed by atoms with E-state index in [1.54, 1.807) is 0 Å². The van der Waals surface area contributed by atoms with Gasteiger partial charge in [-0.05, 0) is 50.3 Å². The smallest absolute Gasteiger partial charge is 0.223 e. The van der Waals surface area contributed by atoms with Crippen molar-refractivity contribution in [3.63, 3.8) is 0 Å². The largest absolute Gasteiger partial charge is 0.349 e. The number of carbonyl (C=O) groups excluding carboxylic acids is 1. The molecule has 1 fully saturated rings. The number of rotatable bonds is 6. The van der Waals surface area contributed by atoms with Crippen LogP contribution in [-0.2, 0) is 11.2 Å². The standard InChI is InChI=1S/C22H28N2O/c1-17-16-20(14-15-23-17)22(25)24-21(19-10-6-3-7-11-19)13-12-18-8-4-2-5-9-18/h2-11,17,20-21,23H,12-16H2,1H3,(H,24,25)/t17-,20-,21?/m0/s1. The summed E-state index contributed by atoms with van der Waals surface area (Å²) in [6.07, 6.45) is 3.73. The Morgan fingerprint density at radius 3 is 2.48 bits per heavy atom. The van der Waals surface area contributed by atoms with Crippen molar-refractivity contribution in [2.45, 2.75) is 44.7 Å². The molecule has 0 radical (unpaired) electrons. The molecule has 0 aliphatic carbocycles. The summed E-state index contributed by atoms with van der Waals surface area (Å²) in [4.78, 5) is 12.8. The van der Waals surface area contributed by atoms with Crippen molar-refractivity contribution in [2.24, 2.45) is 5.92 Å². The maximum absolute atomic E-state index is 12.8. The van der Waals surface area contributed by atoms with Crippen LogP contribution in [0.1, 0.15) is 43.4 Å². The van der Waals surface area contributed by atoms with Crippen molar-refractivity contribution in [1.29, 1.82) is 0 Å². The number of carbonyl (C=O) groups is 1. The van der Waals surface area contributed by atoms with Gasteiger partial charge >= 0.3 is 0 Å². The van der Waals surface area contributed by atoms with Crippen molar-refractivity contribution in [2.75, 3.05) is 6.54 Å². The van der Waals surface area contributed by atoms with Gasteiger partial charge in [0.1, 0.15) is 0 Å². The number of amides is 1. The summed E-state index contributed by atoms with van der Waals surface area (Å²) in [5.74, 6) is 0.328. The molecule has 2 aromatic carbocycles. The monoisotopic (exact) mass is 336 g/mol. The minimum absolute atomic E-state index is 0.0686. The fourth-order valence-electron chi connectivity index (χ4n) is 3.62. The van der Waals surface area contributed by atoms with Gasteiger partial charge in [-0.25, -0.2) is 0 Å². The molecule has 2 aromatic rings. The van der Waals surface area contributed by atoms with Crippen LogP contribution in [-0.4, -0.2) is 18.5 Å². The Kier molecular flexibility index (Phi) is 6.24. The molecule has 0 spiro atoms. The van der Waals surface area contributed by atoms with Gasteiger partial charge in [-0.1, -0.05) is 60.7 Å². The SMILES string of the molecule is C[C@H]1C[C@@H](C(=O)NC(CCc2ccccc2)c2ccccc2)CCN1. The van der Waals surface area contributed by atoms with Gasteiger partial charge in [-0.3, -0.25) is 4.79 Å². The zero-order valence-corrected chi connectivity index (χ0v) is 14.9. The molecule has 0 saturated carbocycles. The summed E-state index contributed by atoms with van der Waals surface area (Å²) in [6, 6.07) is 21.3. The van der Waals surface area contributed by atoms with Crippen LogP contribution in [0.4, 0.5) is 0 Å². The first-order valence-electron chi connectivity index (χ1n) is 9.35. The lowest BCUT2D eigenvalue weighted by atomic mass is 9.91. The maximum atomic E-state index is 12.8. The summed E-state index contributed by atoms with van der Waals surface area (Å²) in [6.45, 7) is 3.09. The highest BCUT2D eigenvalue weighted by Gasteiger charge is 2.26. The minimum Gasteiger partial charge on any atom is -0.349 e. The second-order valence-corrected chi connectivity index (χ2v) is 7.07. The van der Waals surface area contributed by atoms with Crippen LogP contribution in [0, 0.1) is 5.92 Å². The van der Waals surface area contributed by atoms with Crippen molar-refractivity contribution < 1.29 is 4.79 Å². The maximum Gasteiger partial charge on any atom is 0.223 e. The highest BCUT2D eigenvalue weighted by atomic mass is 16.1. The molecule has 1 aliphatic rings. The number of piperidine rings is 1. The van der Waals surface area contributed by atoms with Crippen molar-refractivity contribution in [3.8, 4) is 0 Å². The van der Waals surface area contributed by atoms with Crippen molar-refractivity contribution in [1.82, 2.24) is 10.6 Å². The molecule has 3 atom stereocenters. The van der Waals surface area contributed by atoms with Gasteiger partial charge in [0.15, 0.2) is 0 Å². The van der Waals surface area contributed by atoms with Crippen LogP contribution >= 0.6 is 0 Å². The minimum atomic E-state index is 0.0686. The Balaban J connectivity index is 1.67. The third-order valence-electron chi connectivity index (χ3n) is 5.08. The van der Waals surface area contributed by atoms with Gasteiger partial charge in [0.2, 0.25) is 5.91 Å². The molecule has 3 nitrogen and oxygen atoms in total. The predicted molar refractivity (Wildman–Crippen MR) is 102 cm³/mol. The number of nitrogens with one attached hydrogen (secondary N) is 2. The average molecular weight is 336 g/mol. The van der Waals surface area contributed by atoms with Crippen LogP contribution in [0.2, 0.25) is 0 Å². The Bertz CT molecular complexity index is 656. The summed E-state index contributed by atoms with van der Waals surface area (Å²) in [5, 5.41) is 6.75. The van der Waals surface area contributed by atoms with Crippen LogP contribution in [0.25, 0.3) is 0 Å². The average Bonchev–Trinajstić information content (AvgIpc) is 2.66. The highest BCUT2D eigenvalue weighted by molar-refractivity contribution is 5.79. The quantitative estimate of drug-likeness (QED) is 0.841. The van der Waals surface area contributed by atoms with E-state index in [4.69, 9.17) is 0 Å². The lowest BCUT2D eigenvalue weighted by Gasteiger charge is -2.29. The molecule has 132 valence electrons. The zero-order chi connectivity index (χ0) is 17.5. The van der Waals surface area contributed by atoms with E-state index in [9.17, 15) is 4.79 Å². The molecule has 0 bridgehead atoms. The molecule has 2 N–H and O–H groups in total. The molecule has 25 heavy (non-hydrogen) atoms. The predicted octanol–water partition coefficient (Wildman–Crippen LogP) is 3.86. The Morgan fingerprint density at radius 1 is 1.12 bits per heavy atom. The van der Waals surface area contributed by atoms with Gasteiger partial charge in [-0.2, -0.15) is 0 Å². The van der Waals surface area contributed by atoms with Crippen LogP contribution in [0.3, 0.4) is 0 Å². The summed E-state index contributed by atoms with van der Waals surface area (Å²) in [7, 11) is 0. The van der Waals surface area contributed by atoms with Crippen molar-refractivity contribution >= 4 is 5.91 Å². The second kappa shape index (κ2) is 8.82. The topological polar surface area (TPSA) is 41.1 Å². The lowest BCUT2D eigenvalue weighted by Crippen LogP contribution is -2.43. The number of aryl methyl sites for hydroxylation is 1. The van der Waals surface area contributed by atoms with E-state index in [0.29, 0.717) is 6.04 Å². The van der Waals surface area contributed by atoms with Gasteiger partial charge < -0.3 is 10.6 Å². The van der Waals surface area contributed by atoms with E-state index in [2.05, 4.69) is 54.0 Å².